The van der Waals surface area contributed by atoms with Crippen LogP contribution < -0.4 is 0 Å². The predicted molar refractivity (Wildman–Crippen MR) is 58.3 cm³/mol. The highest BCUT2D eigenvalue weighted by molar-refractivity contribution is 8.00. The van der Waals surface area contributed by atoms with Gasteiger partial charge in [0.05, 0.1) is 5.75 Å². The standard InChI is InChI=1S/C11H12FNOS/c12-9-4-1-2-5-10(9)15-8-11(14)13-6-3-7-13/h1-2,4-5H,3,6-8H2. The first kappa shape index (κ1) is 10.5. The van der Waals surface area contributed by atoms with Gasteiger partial charge in [-0.25, -0.2) is 4.39 Å². The SMILES string of the molecule is O=C(CSc1ccccc1F)N1CCC1. The molecule has 1 saturated heterocycles. The van der Waals surface area contributed by atoms with Gasteiger partial charge >= 0.3 is 0 Å². The third kappa shape index (κ3) is 2.50. The third-order valence-corrected chi connectivity index (χ3v) is 3.43. The highest BCUT2D eigenvalue weighted by atomic mass is 32.2. The summed E-state index contributed by atoms with van der Waals surface area (Å²) in [6.07, 6.45) is 1.09. The molecule has 1 aliphatic heterocycles. The van der Waals surface area contributed by atoms with E-state index < -0.39 is 0 Å². The molecule has 4 heteroatoms. The number of nitrogens with zero attached hydrogens (tertiary/aromatic N) is 1. The summed E-state index contributed by atoms with van der Waals surface area (Å²) in [6, 6.07) is 6.54. The number of halogens is 1. The molecule has 1 fully saturated rings. The van der Waals surface area contributed by atoms with E-state index in [1.807, 2.05) is 0 Å². The minimum absolute atomic E-state index is 0.106. The summed E-state index contributed by atoms with van der Waals surface area (Å²) in [5, 5.41) is 0. The van der Waals surface area contributed by atoms with Crippen LogP contribution in [0.2, 0.25) is 0 Å². The van der Waals surface area contributed by atoms with Gasteiger partial charge in [0.25, 0.3) is 0 Å². The first-order chi connectivity index (χ1) is 7.27. The number of likely N-dealkylation sites (tertiary alicyclic amines) is 1. The maximum atomic E-state index is 13.2. The van der Waals surface area contributed by atoms with E-state index in [1.54, 1.807) is 23.1 Å². The lowest BCUT2D eigenvalue weighted by molar-refractivity contribution is -0.131. The van der Waals surface area contributed by atoms with Crippen LogP contribution in [-0.2, 0) is 4.79 Å². The molecule has 0 aromatic heterocycles. The van der Waals surface area contributed by atoms with E-state index in [9.17, 15) is 9.18 Å². The van der Waals surface area contributed by atoms with Crippen molar-refractivity contribution in [1.29, 1.82) is 0 Å². The zero-order valence-corrected chi connectivity index (χ0v) is 9.10. The molecule has 1 heterocycles. The summed E-state index contributed by atoms with van der Waals surface area (Å²) in [6.45, 7) is 1.72. The van der Waals surface area contributed by atoms with Crippen molar-refractivity contribution in [2.75, 3.05) is 18.8 Å². The van der Waals surface area contributed by atoms with Gasteiger partial charge in [-0.2, -0.15) is 0 Å². The van der Waals surface area contributed by atoms with E-state index in [0.717, 1.165) is 19.5 Å². The molecular formula is C11H12FNOS. The van der Waals surface area contributed by atoms with E-state index in [1.165, 1.54) is 17.8 Å². The van der Waals surface area contributed by atoms with Gasteiger partial charge in [-0.1, -0.05) is 12.1 Å². The van der Waals surface area contributed by atoms with Crippen LogP contribution in [0.5, 0.6) is 0 Å². The Kier molecular flexibility index (Phi) is 3.26. The van der Waals surface area contributed by atoms with E-state index in [2.05, 4.69) is 0 Å². The second-order valence-corrected chi connectivity index (χ2v) is 4.47. The second-order valence-electron chi connectivity index (χ2n) is 3.45. The lowest BCUT2D eigenvalue weighted by atomic mass is 10.2. The molecule has 0 radical (unpaired) electrons. The van der Waals surface area contributed by atoms with Gasteiger partial charge in [0.1, 0.15) is 5.82 Å². The molecule has 0 aliphatic carbocycles. The van der Waals surface area contributed by atoms with Crippen LogP contribution in [0.15, 0.2) is 29.2 Å². The highest BCUT2D eigenvalue weighted by Gasteiger charge is 2.20. The van der Waals surface area contributed by atoms with Crippen LogP contribution in [0, 0.1) is 5.82 Å². The van der Waals surface area contributed by atoms with Crippen LogP contribution in [-0.4, -0.2) is 29.6 Å². The first-order valence-electron chi connectivity index (χ1n) is 4.92. The fourth-order valence-electron chi connectivity index (χ4n) is 1.36. The number of rotatable bonds is 3. The average Bonchev–Trinajstić information content (AvgIpc) is 2.14. The predicted octanol–water partition coefficient (Wildman–Crippen LogP) is 2.15. The van der Waals surface area contributed by atoms with Gasteiger partial charge in [-0.15, -0.1) is 11.8 Å². The topological polar surface area (TPSA) is 20.3 Å². The number of benzene rings is 1. The van der Waals surface area contributed by atoms with Crippen LogP contribution in [0.4, 0.5) is 4.39 Å². The van der Waals surface area contributed by atoms with Crippen LogP contribution in [0.25, 0.3) is 0 Å². The molecular weight excluding hydrogens is 213 g/mol. The number of hydrogen-bond acceptors (Lipinski definition) is 2. The molecule has 0 bridgehead atoms. The van der Waals surface area contributed by atoms with Crippen LogP contribution in [0.3, 0.4) is 0 Å². The summed E-state index contributed by atoms with van der Waals surface area (Å²) in [4.78, 5) is 13.8. The number of carbonyl (C=O) groups is 1. The molecule has 1 aliphatic rings. The van der Waals surface area contributed by atoms with Crippen LogP contribution >= 0.6 is 11.8 Å². The Morgan fingerprint density at radius 2 is 2.13 bits per heavy atom. The highest BCUT2D eigenvalue weighted by Crippen LogP contribution is 2.22. The smallest absolute Gasteiger partial charge is 0.232 e. The molecule has 1 aromatic rings. The lowest BCUT2D eigenvalue weighted by Crippen LogP contribution is -2.43. The molecule has 0 spiro atoms. The van der Waals surface area contributed by atoms with Gasteiger partial charge in [-0.05, 0) is 18.6 Å². The fourth-order valence-corrected chi connectivity index (χ4v) is 2.20. The zero-order valence-electron chi connectivity index (χ0n) is 8.28. The third-order valence-electron chi connectivity index (χ3n) is 2.40. The minimum Gasteiger partial charge on any atom is -0.342 e. The Bertz CT molecular complexity index is 365. The average molecular weight is 225 g/mol. The van der Waals surface area contributed by atoms with Crippen LogP contribution in [0.1, 0.15) is 6.42 Å². The zero-order chi connectivity index (χ0) is 10.7. The van der Waals surface area contributed by atoms with Crippen molar-refractivity contribution in [2.45, 2.75) is 11.3 Å². The summed E-state index contributed by atoms with van der Waals surface area (Å²) in [5.74, 6) is 0.189. The Labute approximate surface area is 92.5 Å². The Balaban J connectivity index is 1.87. The molecule has 2 nitrogen and oxygen atoms in total. The normalized spacial score (nSPS) is 14.9. The van der Waals surface area contributed by atoms with Crippen molar-refractivity contribution in [3.8, 4) is 0 Å². The molecule has 15 heavy (non-hydrogen) atoms. The van der Waals surface area contributed by atoms with Gasteiger partial charge < -0.3 is 4.90 Å². The van der Waals surface area contributed by atoms with Crippen molar-refractivity contribution < 1.29 is 9.18 Å². The van der Waals surface area contributed by atoms with Gasteiger partial charge in [0.2, 0.25) is 5.91 Å². The van der Waals surface area contributed by atoms with Gasteiger partial charge in [0.15, 0.2) is 0 Å². The first-order valence-corrected chi connectivity index (χ1v) is 5.91. The van der Waals surface area contributed by atoms with Crippen molar-refractivity contribution in [3.63, 3.8) is 0 Å². The molecule has 2 rings (SSSR count). The maximum Gasteiger partial charge on any atom is 0.232 e. The summed E-state index contributed by atoms with van der Waals surface area (Å²) < 4.78 is 13.2. The van der Waals surface area contributed by atoms with E-state index >= 15 is 0 Å². The van der Waals surface area contributed by atoms with E-state index in [0.29, 0.717) is 10.6 Å². The molecule has 1 amide bonds. The number of carbonyl (C=O) groups excluding carboxylic acids is 1. The Morgan fingerprint density at radius 3 is 2.73 bits per heavy atom. The van der Waals surface area contributed by atoms with Crippen molar-refractivity contribution >= 4 is 17.7 Å². The summed E-state index contributed by atoms with van der Waals surface area (Å²) in [7, 11) is 0. The number of amides is 1. The molecule has 0 N–H and O–H groups in total. The quantitative estimate of drug-likeness (QED) is 0.735. The second kappa shape index (κ2) is 4.66. The number of hydrogen-bond donors (Lipinski definition) is 0. The molecule has 80 valence electrons. The summed E-state index contributed by atoms with van der Waals surface area (Å²) >= 11 is 1.27. The minimum atomic E-state index is -0.251. The Morgan fingerprint density at radius 1 is 1.40 bits per heavy atom. The molecule has 0 unspecified atom stereocenters. The Hall–Kier alpha value is -1.03. The monoisotopic (exact) mass is 225 g/mol. The molecule has 0 saturated carbocycles. The molecule has 0 atom stereocenters. The lowest BCUT2D eigenvalue weighted by Gasteiger charge is -2.30. The summed E-state index contributed by atoms with van der Waals surface area (Å²) in [5.41, 5.74) is 0. The maximum absolute atomic E-state index is 13.2. The van der Waals surface area contributed by atoms with Crippen molar-refractivity contribution in [2.24, 2.45) is 0 Å². The largest absolute Gasteiger partial charge is 0.342 e. The van der Waals surface area contributed by atoms with E-state index in [4.69, 9.17) is 0 Å². The molecule has 1 aromatic carbocycles. The fraction of sp³-hybridized carbons (Fsp3) is 0.364. The van der Waals surface area contributed by atoms with Gasteiger partial charge in [-0.3, -0.25) is 4.79 Å². The number of thioether (sulfide) groups is 1. The van der Waals surface area contributed by atoms with Crippen molar-refractivity contribution in [3.05, 3.63) is 30.1 Å². The van der Waals surface area contributed by atoms with Crippen molar-refractivity contribution in [1.82, 2.24) is 4.90 Å². The van der Waals surface area contributed by atoms with E-state index in [-0.39, 0.29) is 11.7 Å². The van der Waals surface area contributed by atoms with Gasteiger partial charge in [0, 0.05) is 18.0 Å².